The fraction of sp³-hybridized carbons (Fsp3) is 0.522. The molecule has 5 heteroatoms. The topological polar surface area (TPSA) is 67.8 Å². The van der Waals surface area contributed by atoms with Crippen molar-refractivity contribution in [2.45, 2.75) is 72.1 Å². The number of Topliss-reactive ketones (excluding diaryl/α,β-unsaturated/α-hetero) is 1. The molecular weight excluding hydrogens is 352 g/mol. The average Bonchev–Trinajstić information content (AvgIpc) is 2.68. The summed E-state index contributed by atoms with van der Waals surface area (Å²) in [6.45, 7) is 6.36. The van der Waals surface area contributed by atoms with Gasteiger partial charge in [0.05, 0.1) is 35.4 Å². The lowest BCUT2D eigenvalue weighted by atomic mass is 9.96. The molecule has 0 unspecified atom stereocenters. The highest BCUT2D eigenvalue weighted by Crippen LogP contribution is 2.31. The Bertz CT molecular complexity index is 750. The summed E-state index contributed by atoms with van der Waals surface area (Å²) in [5, 5.41) is 2.90. The molecule has 1 N–H and O–H groups in total. The minimum atomic E-state index is -0.126. The van der Waals surface area contributed by atoms with E-state index in [9.17, 15) is 9.59 Å². The minimum Gasteiger partial charge on any atom is -0.501 e. The van der Waals surface area contributed by atoms with Crippen LogP contribution in [0.5, 0.6) is 0 Å². The van der Waals surface area contributed by atoms with E-state index in [4.69, 9.17) is 4.74 Å². The van der Waals surface area contributed by atoms with Gasteiger partial charge in [-0.2, -0.15) is 0 Å². The van der Waals surface area contributed by atoms with Gasteiger partial charge in [0.25, 0.3) is 0 Å². The molecule has 0 bridgehead atoms. The minimum absolute atomic E-state index is 0.0125. The molecule has 0 spiro atoms. The van der Waals surface area contributed by atoms with Gasteiger partial charge in [-0.05, 0) is 38.5 Å². The molecule has 1 aliphatic heterocycles. The maximum absolute atomic E-state index is 12.7. The van der Waals surface area contributed by atoms with Gasteiger partial charge >= 0.3 is 0 Å². The van der Waals surface area contributed by atoms with Crippen molar-refractivity contribution in [3.05, 3.63) is 35.6 Å². The number of nitrogens with one attached hydrogen (secondary N) is 1. The van der Waals surface area contributed by atoms with Crippen LogP contribution in [0.25, 0.3) is 0 Å². The van der Waals surface area contributed by atoms with Crippen LogP contribution in [-0.2, 0) is 9.53 Å². The Hall–Kier alpha value is -2.43. The van der Waals surface area contributed by atoms with E-state index in [-0.39, 0.29) is 11.7 Å². The zero-order chi connectivity index (χ0) is 20.4. The van der Waals surface area contributed by atoms with Crippen molar-refractivity contribution < 1.29 is 14.3 Å². The summed E-state index contributed by atoms with van der Waals surface area (Å²) in [6, 6.07) is 5.27. The van der Waals surface area contributed by atoms with E-state index in [0.29, 0.717) is 41.3 Å². The van der Waals surface area contributed by atoms with Crippen molar-refractivity contribution in [2.24, 2.45) is 4.99 Å². The van der Waals surface area contributed by atoms with Gasteiger partial charge in [-0.3, -0.25) is 14.6 Å². The van der Waals surface area contributed by atoms with Gasteiger partial charge in [-0.1, -0.05) is 45.4 Å². The maximum atomic E-state index is 12.7. The number of allylic oxidation sites excluding steroid dienone is 1. The first kappa shape index (κ1) is 21.9. The number of unbranched alkanes of at least 4 members (excludes halogenated alkanes) is 6. The summed E-state index contributed by atoms with van der Waals surface area (Å²) < 4.78 is 5.28. The number of rotatable bonds is 11. The van der Waals surface area contributed by atoms with E-state index >= 15 is 0 Å². The molecule has 5 nitrogen and oxygen atoms in total. The fourth-order valence-corrected chi connectivity index (χ4v) is 3.22. The van der Waals surface area contributed by atoms with Gasteiger partial charge in [0.2, 0.25) is 5.91 Å². The molecule has 0 saturated carbocycles. The molecule has 0 saturated heterocycles. The van der Waals surface area contributed by atoms with Crippen molar-refractivity contribution >= 4 is 28.8 Å². The van der Waals surface area contributed by atoms with Gasteiger partial charge in [0.1, 0.15) is 0 Å². The second-order valence-electron chi connectivity index (χ2n) is 7.16. The molecule has 1 aromatic rings. The lowest BCUT2D eigenvalue weighted by Gasteiger charge is -2.16. The Morgan fingerprint density at radius 3 is 2.54 bits per heavy atom. The number of hydrogen-bond donors (Lipinski definition) is 1. The van der Waals surface area contributed by atoms with E-state index in [1.165, 1.54) is 38.4 Å². The van der Waals surface area contributed by atoms with Crippen LogP contribution in [0, 0.1) is 0 Å². The van der Waals surface area contributed by atoms with Crippen LogP contribution in [-0.4, -0.2) is 24.0 Å². The lowest BCUT2D eigenvalue weighted by molar-refractivity contribution is -0.116. The molecule has 1 aliphatic rings. The van der Waals surface area contributed by atoms with Gasteiger partial charge in [0, 0.05) is 12.1 Å². The summed E-state index contributed by atoms with van der Waals surface area (Å²) in [5.74, 6) is -0.138. The summed E-state index contributed by atoms with van der Waals surface area (Å²) in [5.41, 5.74) is 2.85. The number of ether oxygens (including phenoxy) is 1. The molecular formula is C23H32N2O3. The van der Waals surface area contributed by atoms with Crippen LogP contribution in [0.4, 0.5) is 11.4 Å². The predicted molar refractivity (Wildman–Crippen MR) is 114 cm³/mol. The van der Waals surface area contributed by atoms with Crippen LogP contribution in [0.1, 0.15) is 82.5 Å². The molecule has 1 heterocycles. The number of ketones is 1. The van der Waals surface area contributed by atoms with E-state index in [1.54, 1.807) is 25.1 Å². The van der Waals surface area contributed by atoms with E-state index < -0.39 is 0 Å². The maximum Gasteiger partial charge on any atom is 0.224 e. The quantitative estimate of drug-likeness (QED) is 0.290. The van der Waals surface area contributed by atoms with E-state index in [2.05, 4.69) is 17.2 Å². The number of carbonyl (C=O) groups is 2. The van der Waals surface area contributed by atoms with E-state index in [0.717, 1.165) is 12.8 Å². The summed E-state index contributed by atoms with van der Waals surface area (Å²) in [6.07, 6.45) is 10.2. The SMILES string of the molecule is CCCCCCCCCC(=O)Nc1ccc2c(c1)C(=O)/C(=C/OCC)C(C)=N2. The third-order valence-electron chi connectivity index (χ3n) is 4.82. The molecule has 0 radical (unpaired) electrons. The Kier molecular flexibility index (Phi) is 8.92. The highest BCUT2D eigenvalue weighted by molar-refractivity contribution is 6.31. The molecule has 0 aromatic heterocycles. The van der Waals surface area contributed by atoms with Crippen molar-refractivity contribution in [1.29, 1.82) is 0 Å². The lowest BCUT2D eigenvalue weighted by Crippen LogP contribution is -2.17. The van der Waals surface area contributed by atoms with Gasteiger partial charge in [-0.15, -0.1) is 0 Å². The zero-order valence-corrected chi connectivity index (χ0v) is 17.3. The van der Waals surface area contributed by atoms with Crippen molar-refractivity contribution in [2.75, 3.05) is 11.9 Å². The summed E-state index contributed by atoms with van der Waals surface area (Å²) in [7, 11) is 0. The number of carbonyl (C=O) groups excluding carboxylic acids is 2. The smallest absolute Gasteiger partial charge is 0.224 e. The Balaban J connectivity index is 1.91. The van der Waals surface area contributed by atoms with Crippen LogP contribution in [0.2, 0.25) is 0 Å². The second kappa shape index (κ2) is 11.4. The third kappa shape index (κ3) is 6.32. The van der Waals surface area contributed by atoms with E-state index in [1.807, 2.05) is 6.92 Å². The van der Waals surface area contributed by atoms with Crippen molar-refractivity contribution in [1.82, 2.24) is 0 Å². The first-order valence-electron chi connectivity index (χ1n) is 10.4. The number of fused-ring (bicyclic) bond motifs is 1. The number of hydrogen-bond acceptors (Lipinski definition) is 4. The van der Waals surface area contributed by atoms with Gasteiger partial charge < -0.3 is 10.1 Å². The highest BCUT2D eigenvalue weighted by Gasteiger charge is 2.24. The standard InChI is InChI=1S/C23H32N2O3/c1-4-6-7-8-9-10-11-12-22(26)25-18-13-14-21-19(15-18)23(27)20(16-28-5-2)17(3)24-21/h13-16H,4-12H2,1-3H3,(H,25,26)/b20-16+. The molecule has 152 valence electrons. The molecule has 28 heavy (non-hydrogen) atoms. The highest BCUT2D eigenvalue weighted by atomic mass is 16.5. The zero-order valence-electron chi connectivity index (χ0n) is 17.3. The predicted octanol–water partition coefficient (Wildman–Crippen LogP) is 5.97. The third-order valence-corrected chi connectivity index (χ3v) is 4.82. The monoisotopic (exact) mass is 384 g/mol. The van der Waals surface area contributed by atoms with Crippen LogP contribution < -0.4 is 5.32 Å². The largest absolute Gasteiger partial charge is 0.501 e. The van der Waals surface area contributed by atoms with Crippen LogP contribution in [0.3, 0.4) is 0 Å². The van der Waals surface area contributed by atoms with Gasteiger partial charge in [0.15, 0.2) is 5.78 Å². The number of anilines is 1. The Labute approximate surface area is 168 Å². The molecule has 0 aliphatic carbocycles. The van der Waals surface area contributed by atoms with Crippen LogP contribution in [0.15, 0.2) is 35.0 Å². The number of amides is 1. The first-order valence-corrected chi connectivity index (χ1v) is 10.4. The normalized spacial score (nSPS) is 14.6. The number of aliphatic imine (C=N–C) groups is 1. The Morgan fingerprint density at radius 1 is 1.11 bits per heavy atom. The fourth-order valence-electron chi connectivity index (χ4n) is 3.22. The number of nitrogens with zero attached hydrogens (tertiary/aromatic N) is 1. The van der Waals surface area contributed by atoms with Crippen molar-refractivity contribution in [3.8, 4) is 0 Å². The molecule has 1 aromatic carbocycles. The van der Waals surface area contributed by atoms with Crippen LogP contribution >= 0.6 is 0 Å². The number of benzene rings is 1. The Morgan fingerprint density at radius 2 is 1.82 bits per heavy atom. The molecule has 0 fully saturated rings. The molecule has 1 amide bonds. The summed E-state index contributed by atoms with van der Waals surface area (Å²) >= 11 is 0. The molecule has 0 atom stereocenters. The summed E-state index contributed by atoms with van der Waals surface area (Å²) in [4.78, 5) is 29.4. The first-order chi connectivity index (χ1) is 13.6. The van der Waals surface area contributed by atoms with Crippen molar-refractivity contribution in [3.63, 3.8) is 0 Å². The second-order valence-corrected chi connectivity index (χ2v) is 7.16. The molecule has 2 rings (SSSR count). The van der Waals surface area contributed by atoms with Gasteiger partial charge in [-0.25, -0.2) is 0 Å². The average molecular weight is 385 g/mol.